The number of likely N-dealkylation sites (tertiary alicyclic amines) is 1. The molecule has 156 valence electrons. The Hall–Kier alpha value is -1.47. The van der Waals surface area contributed by atoms with Crippen molar-refractivity contribution in [1.82, 2.24) is 14.6 Å². The topological polar surface area (TPSA) is 71.5 Å². The number of nitrogens with one attached hydrogen (secondary N) is 1. The molecule has 1 aliphatic heterocycles. The zero-order valence-electron chi connectivity index (χ0n) is 17.9. The molecule has 3 rings (SSSR count). The number of ether oxygens (including phenoxy) is 1. The van der Waals surface area contributed by atoms with Gasteiger partial charge in [0.2, 0.25) is 0 Å². The fourth-order valence-electron chi connectivity index (χ4n) is 4.09. The molecule has 6 nitrogen and oxygen atoms in total. The summed E-state index contributed by atoms with van der Waals surface area (Å²) in [5.41, 5.74) is 1.62. The monoisotopic (exact) mass is 407 g/mol. The average Bonchev–Trinajstić information content (AvgIpc) is 2.87. The zero-order chi connectivity index (χ0) is 20.7. The highest BCUT2D eigenvalue weighted by Crippen LogP contribution is 2.45. The molecule has 1 spiro atoms. The first-order valence-electron chi connectivity index (χ1n) is 10.0. The van der Waals surface area contributed by atoms with Crippen LogP contribution in [0.3, 0.4) is 0 Å². The quantitative estimate of drug-likeness (QED) is 0.816. The van der Waals surface area contributed by atoms with Crippen LogP contribution in [0.4, 0.5) is 4.79 Å². The Morgan fingerprint density at radius 3 is 2.46 bits per heavy atom. The maximum absolute atomic E-state index is 12.8. The van der Waals surface area contributed by atoms with E-state index >= 15 is 0 Å². The molecule has 1 saturated heterocycles. The Morgan fingerprint density at radius 1 is 1.25 bits per heavy atom. The number of rotatable bonds is 2. The lowest BCUT2D eigenvalue weighted by Crippen LogP contribution is -2.55. The third-order valence-electron chi connectivity index (χ3n) is 5.57. The molecule has 0 radical (unpaired) electrons. The molecule has 2 heterocycles. The number of aromatic nitrogens is 1. The van der Waals surface area contributed by atoms with Gasteiger partial charge in [-0.15, -0.1) is 0 Å². The van der Waals surface area contributed by atoms with E-state index in [9.17, 15) is 9.00 Å². The van der Waals surface area contributed by atoms with E-state index in [0.29, 0.717) is 13.1 Å². The lowest BCUT2D eigenvalue weighted by atomic mass is 9.73. The minimum atomic E-state index is -1.16. The Kier molecular flexibility index (Phi) is 5.62. The fourth-order valence-corrected chi connectivity index (χ4v) is 5.01. The summed E-state index contributed by atoms with van der Waals surface area (Å²) in [7, 11) is -1.16. The van der Waals surface area contributed by atoms with Crippen LogP contribution in [-0.4, -0.2) is 49.7 Å². The second-order valence-electron chi connectivity index (χ2n) is 9.89. The maximum Gasteiger partial charge on any atom is 0.410 e. The molecule has 1 N–H and O–H groups in total. The molecular formula is C21H33N3O3S. The molecule has 28 heavy (non-hydrogen) atoms. The normalized spacial score (nSPS) is 22.8. The average molecular weight is 408 g/mol. The van der Waals surface area contributed by atoms with Crippen molar-refractivity contribution in [2.24, 2.45) is 0 Å². The van der Waals surface area contributed by atoms with Crippen LogP contribution in [0.25, 0.3) is 0 Å². The zero-order valence-corrected chi connectivity index (χ0v) is 18.7. The smallest absolute Gasteiger partial charge is 0.410 e. The van der Waals surface area contributed by atoms with Crippen LogP contribution in [0.1, 0.15) is 65.6 Å². The van der Waals surface area contributed by atoms with E-state index in [0.717, 1.165) is 25.0 Å². The first kappa shape index (κ1) is 21.2. The van der Waals surface area contributed by atoms with E-state index in [1.54, 1.807) is 4.90 Å². The van der Waals surface area contributed by atoms with E-state index in [1.165, 1.54) is 5.56 Å². The number of nitrogens with zero attached hydrogens (tertiary/aromatic N) is 2. The van der Waals surface area contributed by atoms with Crippen LogP contribution in [0.5, 0.6) is 0 Å². The van der Waals surface area contributed by atoms with Gasteiger partial charge >= 0.3 is 6.09 Å². The van der Waals surface area contributed by atoms with Crippen molar-refractivity contribution >= 4 is 17.1 Å². The second-order valence-corrected chi connectivity index (χ2v) is 11.9. The van der Waals surface area contributed by atoms with Gasteiger partial charge in [-0.05, 0) is 72.4 Å². The van der Waals surface area contributed by atoms with Crippen LogP contribution in [0, 0.1) is 0 Å². The fraction of sp³-hybridized carbons (Fsp3) is 0.714. The van der Waals surface area contributed by atoms with Crippen molar-refractivity contribution < 1.29 is 13.7 Å². The highest BCUT2D eigenvalue weighted by molar-refractivity contribution is 7.84. The van der Waals surface area contributed by atoms with Gasteiger partial charge in [-0.2, -0.15) is 0 Å². The van der Waals surface area contributed by atoms with E-state index in [2.05, 4.69) is 10.8 Å². The van der Waals surface area contributed by atoms with E-state index in [4.69, 9.17) is 9.72 Å². The molecule has 2 aliphatic rings. The van der Waals surface area contributed by atoms with Crippen LogP contribution >= 0.6 is 0 Å². The van der Waals surface area contributed by atoms with Gasteiger partial charge in [0.1, 0.15) is 5.60 Å². The summed E-state index contributed by atoms with van der Waals surface area (Å²) >= 11 is 0. The molecule has 1 unspecified atom stereocenters. The molecule has 1 aromatic rings. The van der Waals surface area contributed by atoms with Crippen molar-refractivity contribution in [3.63, 3.8) is 0 Å². The summed E-state index contributed by atoms with van der Waals surface area (Å²) < 4.78 is 21.4. The molecule has 1 amide bonds. The van der Waals surface area contributed by atoms with Gasteiger partial charge in [-0.25, -0.2) is 13.7 Å². The molecular weight excluding hydrogens is 374 g/mol. The number of hydrogen-bond donors (Lipinski definition) is 1. The standard InChI is InChI=1S/C21H33N3O3S/c1-19(2,3)27-18(25)24-12-9-21(10-13-24)16(23-28(26)20(4,5)6)14-15-8-7-11-22-17(15)21/h7-8,11,16,23H,9-10,12-14H2,1-6H3/t16?,28-/m1/s1. The summed E-state index contributed by atoms with van der Waals surface area (Å²) in [6.07, 6.45) is 3.97. The molecule has 1 aliphatic carbocycles. The number of carbonyl (C=O) groups excluding carboxylic acids is 1. The predicted octanol–water partition coefficient (Wildman–Crippen LogP) is 3.33. The largest absolute Gasteiger partial charge is 0.444 e. The first-order chi connectivity index (χ1) is 12.9. The summed E-state index contributed by atoms with van der Waals surface area (Å²) in [6.45, 7) is 12.8. The Labute approximate surface area is 171 Å². The number of amides is 1. The molecule has 7 heteroatoms. The van der Waals surface area contributed by atoms with Gasteiger partial charge in [0, 0.05) is 30.7 Å². The van der Waals surface area contributed by atoms with Crippen molar-refractivity contribution in [2.45, 2.75) is 82.6 Å². The van der Waals surface area contributed by atoms with Crippen molar-refractivity contribution in [3.8, 4) is 0 Å². The van der Waals surface area contributed by atoms with E-state index in [-0.39, 0.29) is 22.3 Å². The highest BCUT2D eigenvalue weighted by atomic mass is 32.2. The second kappa shape index (κ2) is 7.41. The molecule has 0 bridgehead atoms. The number of fused-ring (bicyclic) bond motifs is 2. The predicted molar refractivity (Wildman–Crippen MR) is 111 cm³/mol. The summed E-state index contributed by atoms with van der Waals surface area (Å²) in [5, 5.41) is 0. The minimum absolute atomic E-state index is 0.0539. The summed E-state index contributed by atoms with van der Waals surface area (Å²) in [4.78, 5) is 19.0. The lowest BCUT2D eigenvalue weighted by molar-refractivity contribution is 0.0150. The van der Waals surface area contributed by atoms with Gasteiger partial charge in [0.15, 0.2) is 0 Å². The molecule has 2 atom stereocenters. The van der Waals surface area contributed by atoms with Gasteiger partial charge in [-0.1, -0.05) is 6.07 Å². The summed E-state index contributed by atoms with van der Waals surface area (Å²) in [5.74, 6) is 0. The third-order valence-corrected chi connectivity index (χ3v) is 7.18. The van der Waals surface area contributed by atoms with Gasteiger partial charge in [0.25, 0.3) is 0 Å². The Balaban J connectivity index is 1.81. The molecule has 0 saturated carbocycles. The minimum Gasteiger partial charge on any atom is -0.444 e. The van der Waals surface area contributed by atoms with Crippen LogP contribution in [-0.2, 0) is 27.6 Å². The van der Waals surface area contributed by atoms with E-state index in [1.807, 2.05) is 53.8 Å². The van der Waals surface area contributed by atoms with Crippen LogP contribution in [0.15, 0.2) is 18.3 Å². The van der Waals surface area contributed by atoms with Crippen LogP contribution in [0.2, 0.25) is 0 Å². The van der Waals surface area contributed by atoms with Crippen molar-refractivity contribution in [1.29, 1.82) is 0 Å². The number of pyridine rings is 1. The van der Waals surface area contributed by atoms with Crippen molar-refractivity contribution in [3.05, 3.63) is 29.6 Å². The Morgan fingerprint density at radius 2 is 1.89 bits per heavy atom. The third kappa shape index (κ3) is 4.25. The SMILES string of the molecule is CC(C)(C)OC(=O)N1CCC2(CC1)c1ncccc1CC2N[S@](=O)C(C)(C)C. The van der Waals surface area contributed by atoms with Gasteiger partial charge in [-0.3, -0.25) is 4.98 Å². The molecule has 0 aromatic carbocycles. The van der Waals surface area contributed by atoms with Crippen molar-refractivity contribution in [2.75, 3.05) is 13.1 Å². The first-order valence-corrected chi connectivity index (χ1v) is 11.2. The van der Waals surface area contributed by atoms with E-state index < -0.39 is 16.6 Å². The van der Waals surface area contributed by atoms with Gasteiger partial charge in [0.05, 0.1) is 21.4 Å². The highest BCUT2D eigenvalue weighted by Gasteiger charge is 2.51. The van der Waals surface area contributed by atoms with Gasteiger partial charge < -0.3 is 9.64 Å². The number of piperidine rings is 1. The molecule has 1 fully saturated rings. The number of carbonyl (C=O) groups is 1. The number of hydrogen-bond acceptors (Lipinski definition) is 4. The Bertz CT molecular complexity index is 759. The lowest BCUT2D eigenvalue weighted by Gasteiger charge is -2.43. The van der Waals surface area contributed by atoms with Crippen LogP contribution < -0.4 is 4.72 Å². The summed E-state index contributed by atoms with van der Waals surface area (Å²) in [6, 6.07) is 4.13. The molecule has 1 aromatic heterocycles. The maximum atomic E-state index is 12.8.